The number of ether oxygens (including phenoxy) is 2. The zero-order valence-corrected chi connectivity index (χ0v) is 15.4. The summed E-state index contributed by atoms with van der Waals surface area (Å²) in [6.07, 6.45) is 5.02. The lowest BCUT2D eigenvalue weighted by Gasteiger charge is -2.36. The van der Waals surface area contributed by atoms with E-state index < -0.39 is 5.79 Å². The topological polar surface area (TPSA) is 50.8 Å². The van der Waals surface area contributed by atoms with E-state index in [9.17, 15) is 9.18 Å². The van der Waals surface area contributed by atoms with E-state index in [4.69, 9.17) is 9.47 Å². The van der Waals surface area contributed by atoms with Gasteiger partial charge in [-0.15, -0.1) is 0 Å². The third-order valence-corrected chi connectivity index (χ3v) is 5.86. The van der Waals surface area contributed by atoms with Crippen molar-refractivity contribution in [2.75, 3.05) is 31.2 Å². The molecule has 1 amide bonds. The van der Waals surface area contributed by atoms with E-state index in [2.05, 4.69) is 5.32 Å². The monoisotopic (exact) mass is 362 g/mol. The number of carbonyl (C=O) groups is 1. The third kappa shape index (κ3) is 3.45. The molecule has 5 nitrogen and oxygen atoms in total. The predicted octanol–water partition coefficient (Wildman–Crippen LogP) is 2.69. The van der Waals surface area contributed by atoms with Gasteiger partial charge < -0.3 is 19.7 Å². The lowest BCUT2D eigenvalue weighted by atomic mass is 9.90. The van der Waals surface area contributed by atoms with Gasteiger partial charge in [-0.1, -0.05) is 6.07 Å². The molecule has 142 valence electrons. The average Bonchev–Trinajstić information content (AvgIpc) is 3.09. The van der Waals surface area contributed by atoms with Crippen LogP contribution in [0.1, 0.15) is 43.2 Å². The minimum atomic E-state index is -0.401. The molecule has 1 saturated carbocycles. The Labute approximate surface area is 153 Å². The molecule has 4 rings (SSSR count). The largest absolute Gasteiger partial charge is 0.362 e. The lowest BCUT2D eigenvalue weighted by molar-refractivity contribution is -0.180. The van der Waals surface area contributed by atoms with Crippen LogP contribution in [0.5, 0.6) is 0 Å². The van der Waals surface area contributed by atoms with Gasteiger partial charge in [-0.25, -0.2) is 4.39 Å². The van der Waals surface area contributed by atoms with Crippen LogP contribution in [0.25, 0.3) is 0 Å². The number of hydrogen-bond donors (Lipinski definition) is 1. The normalized spacial score (nSPS) is 22.5. The number of nitrogens with one attached hydrogen (secondary N) is 1. The molecule has 2 fully saturated rings. The van der Waals surface area contributed by atoms with Crippen molar-refractivity contribution in [2.45, 2.75) is 57.3 Å². The van der Waals surface area contributed by atoms with Crippen LogP contribution >= 0.6 is 0 Å². The molecule has 0 aromatic heterocycles. The molecule has 0 atom stereocenters. The molecule has 0 radical (unpaired) electrons. The molecule has 1 saturated heterocycles. The number of amides is 1. The summed E-state index contributed by atoms with van der Waals surface area (Å²) in [5.41, 5.74) is 2.69. The second-order valence-corrected chi connectivity index (χ2v) is 7.67. The molecule has 0 unspecified atom stereocenters. The molecule has 1 spiro atoms. The van der Waals surface area contributed by atoms with Gasteiger partial charge in [0.15, 0.2) is 5.79 Å². The van der Waals surface area contributed by atoms with Gasteiger partial charge in [0, 0.05) is 36.7 Å². The Balaban J connectivity index is 1.36. The maximum atomic E-state index is 14.1. The first-order chi connectivity index (χ1) is 12.6. The van der Waals surface area contributed by atoms with Gasteiger partial charge in [0.1, 0.15) is 5.82 Å². The number of aryl methyl sites for hydroxylation is 1. The van der Waals surface area contributed by atoms with Crippen LogP contribution in [0.3, 0.4) is 0 Å². The number of benzene rings is 1. The van der Waals surface area contributed by atoms with E-state index in [1.807, 2.05) is 11.8 Å². The van der Waals surface area contributed by atoms with Crippen molar-refractivity contribution < 1.29 is 18.7 Å². The molecule has 26 heavy (non-hydrogen) atoms. The first-order valence-corrected chi connectivity index (χ1v) is 9.66. The van der Waals surface area contributed by atoms with Crippen LogP contribution in [0.4, 0.5) is 10.1 Å². The van der Waals surface area contributed by atoms with Crippen LogP contribution < -0.4 is 10.2 Å². The van der Waals surface area contributed by atoms with Crippen LogP contribution in [-0.2, 0) is 20.7 Å². The average molecular weight is 362 g/mol. The summed E-state index contributed by atoms with van der Waals surface area (Å²) in [7, 11) is 0. The summed E-state index contributed by atoms with van der Waals surface area (Å²) in [6, 6.07) is 3.49. The van der Waals surface area contributed by atoms with Crippen molar-refractivity contribution in [3.63, 3.8) is 0 Å². The number of carbonyl (C=O) groups excluding carboxylic acids is 1. The Morgan fingerprint density at radius 3 is 2.77 bits per heavy atom. The Hall–Kier alpha value is -1.66. The first kappa shape index (κ1) is 17.7. The van der Waals surface area contributed by atoms with Crippen molar-refractivity contribution >= 4 is 11.6 Å². The zero-order chi connectivity index (χ0) is 18.1. The van der Waals surface area contributed by atoms with Crippen LogP contribution in [0, 0.1) is 12.7 Å². The van der Waals surface area contributed by atoms with E-state index in [-0.39, 0.29) is 24.3 Å². The van der Waals surface area contributed by atoms with Gasteiger partial charge in [0.05, 0.1) is 19.8 Å². The number of fused-ring (bicyclic) bond motifs is 1. The number of hydrogen-bond acceptors (Lipinski definition) is 4. The maximum absolute atomic E-state index is 14.1. The van der Waals surface area contributed by atoms with E-state index in [1.54, 1.807) is 6.07 Å². The van der Waals surface area contributed by atoms with Gasteiger partial charge >= 0.3 is 0 Å². The van der Waals surface area contributed by atoms with Crippen LogP contribution in [0.2, 0.25) is 0 Å². The summed E-state index contributed by atoms with van der Waals surface area (Å²) in [5.74, 6) is -0.553. The highest BCUT2D eigenvalue weighted by molar-refractivity contribution is 5.82. The molecule has 1 aromatic rings. The van der Waals surface area contributed by atoms with Crippen molar-refractivity contribution in [3.8, 4) is 0 Å². The van der Waals surface area contributed by atoms with E-state index in [1.165, 1.54) is 6.07 Å². The Morgan fingerprint density at radius 2 is 2.04 bits per heavy atom. The number of halogens is 1. The molecular weight excluding hydrogens is 335 g/mol. The molecule has 6 heteroatoms. The van der Waals surface area contributed by atoms with Crippen molar-refractivity contribution in [2.24, 2.45) is 0 Å². The van der Waals surface area contributed by atoms with Crippen LogP contribution in [0.15, 0.2) is 12.1 Å². The van der Waals surface area contributed by atoms with Crippen molar-refractivity contribution in [1.29, 1.82) is 0 Å². The number of anilines is 1. The minimum Gasteiger partial charge on any atom is -0.362 e. The van der Waals surface area contributed by atoms with Gasteiger partial charge in [0.2, 0.25) is 5.91 Å². The van der Waals surface area contributed by atoms with Gasteiger partial charge in [-0.2, -0.15) is 0 Å². The molecule has 1 N–H and O–H groups in total. The molecule has 1 aromatic carbocycles. The Bertz CT molecular complexity index is 678. The maximum Gasteiger partial charge on any atom is 0.239 e. The van der Waals surface area contributed by atoms with E-state index in [0.717, 1.165) is 61.9 Å². The lowest BCUT2D eigenvalue weighted by Crippen LogP contribution is -2.47. The molecule has 2 aliphatic heterocycles. The summed E-state index contributed by atoms with van der Waals surface area (Å²) in [5, 5.41) is 3.15. The SMILES string of the molecule is Cc1ccc(F)c2c1N(CC(=O)NC1CCC3(CC1)OCCO3)CCC2. The predicted molar refractivity (Wildman–Crippen MR) is 96.7 cm³/mol. The van der Waals surface area contributed by atoms with Gasteiger partial charge in [-0.3, -0.25) is 4.79 Å². The summed E-state index contributed by atoms with van der Waals surface area (Å²) < 4.78 is 25.6. The second kappa shape index (κ2) is 7.16. The van der Waals surface area contributed by atoms with Gasteiger partial charge in [-0.05, 0) is 44.2 Å². The molecule has 1 aliphatic carbocycles. The Morgan fingerprint density at radius 1 is 1.31 bits per heavy atom. The highest BCUT2D eigenvalue weighted by Gasteiger charge is 2.40. The van der Waals surface area contributed by atoms with Crippen molar-refractivity contribution in [3.05, 3.63) is 29.1 Å². The molecule has 2 heterocycles. The molecular formula is C20H27FN2O3. The fourth-order valence-electron chi connectivity index (χ4n) is 4.56. The third-order valence-electron chi connectivity index (χ3n) is 5.86. The fourth-order valence-corrected chi connectivity index (χ4v) is 4.56. The number of nitrogens with zero attached hydrogens (tertiary/aromatic N) is 1. The quantitative estimate of drug-likeness (QED) is 0.898. The molecule has 0 bridgehead atoms. The smallest absolute Gasteiger partial charge is 0.239 e. The highest BCUT2D eigenvalue weighted by Crippen LogP contribution is 2.36. The first-order valence-electron chi connectivity index (χ1n) is 9.66. The fraction of sp³-hybridized carbons (Fsp3) is 0.650. The summed E-state index contributed by atoms with van der Waals surface area (Å²) in [4.78, 5) is 14.6. The van der Waals surface area contributed by atoms with E-state index in [0.29, 0.717) is 13.2 Å². The number of rotatable bonds is 3. The summed E-state index contributed by atoms with van der Waals surface area (Å²) in [6.45, 7) is 4.39. The second-order valence-electron chi connectivity index (χ2n) is 7.67. The minimum absolute atomic E-state index is 0.00993. The van der Waals surface area contributed by atoms with Crippen molar-refractivity contribution in [1.82, 2.24) is 5.32 Å². The standard InChI is InChI=1S/C20H27FN2O3/c1-14-4-5-17(21)16-3-2-10-23(19(14)16)13-18(24)22-15-6-8-20(9-7-15)25-11-12-26-20/h4-5,15H,2-3,6-13H2,1H3,(H,22,24). The van der Waals surface area contributed by atoms with Crippen LogP contribution in [-0.4, -0.2) is 44.0 Å². The Kier molecular flexibility index (Phi) is 4.88. The molecule has 3 aliphatic rings. The van der Waals surface area contributed by atoms with Gasteiger partial charge in [0.25, 0.3) is 0 Å². The van der Waals surface area contributed by atoms with E-state index >= 15 is 0 Å². The zero-order valence-electron chi connectivity index (χ0n) is 15.4. The summed E-state index contributed by atoms with van der Waals surface area (Å²) >= 11 is 0. The highest BCUT2D eigenvalue weighted by atomic mass is 19.1.